The van der Waals surface area contributed by atoms with Gasteiger partial charge in [-0.2, -0.15) is 0 Å². The van der Waals surface area contributed by atoms with E-state index in [1.807, 2.05) is 6.07 Å². The number of phenols is 1. The van der Waals surface area contributed by atoms with Gasteiger partial charge in [0.1, 0.15) is 11.6 Å². The van der Waals surface area contributed by atoms with Crippen molar-refractivity contribution in [1.29, 1.82) is 0 Å². The van der Waals surface area contributed by atoms with Crippen LogP contribution in [0.25, 0.3) is 11.1 Å². The lowest BCUT2D eigenvalue weighted by Crippen LogP contribution is -1.89. The van der Waals surface area contributed by atoms with Crippen LogP contribution < -0.4 is 5.73 Å². The standard InChI is InChI=1S/C13H12FNO/c1-8-10(3-2-4-11(8)14)9-5-6-12(15)13(16)7-9/h2-7,16H,15H2,1H3. The van der Waals surface area contributed by atoms with E-state index >= 15 is 0 Å². The smallest absolute Gasteiger partial charge is 0.139 e. The van der Waals surface area contributed by atoms with E-state index in [0.717, 1.165) is 11.1 Å². The van der Waals surface area contributed by atoms with Gasteiger partial charge in [0.15, 0.2) is 0 Å². The second-order valence-corrected chi connectivity index (χ2v) is 3.69. The molecule has 0 saturated carbocycles. The van der Waals surface area contributed by atoms with E-state index in [-0.39, 0.29) is 11.6 Å². The monoisotopic (exact) mass is 217 g/mol. The van der Waals surface area contributed by atoms with Gasteiger partial charge in [-0.1, -0.05) is 18.2 Å². The number of nitrogens with two attached hydrogens (primary N) is 1. The molecule has 0 aliphatic rings. The molecule has 82 valence electrons. The van der Waals surface area contributed by atoms with Gasteiger partial charge < -0.3 is 10.8 Å². The summed E-state index contributed by atoms with van der Waals surface area (Å²) in [7, 11) is 0. The number of hydrogen-bond acceptors (Lipinski definition) is 2. The first-order valence-electron chi connectivity index (χ1n) is 4.93. The van der Waals surface area contributed by atoms with Crippen molar-refractivity contribution in [2.45, 2.75) is 6.92 Å². The molecule has 0 heterocycles. The summed E-state index contributed by atoms with van der Waals surface area (Å²) in [5.41, 5.74) is 7.90. The van der Waals surface area contributed by atoms with Crippen molar-refractivity contribution >= 4 is 5.69 Å². The molecule has 16 heavy (non-hydrogen) atoms. The maximum Gasteiger partial charge on any atom is 0.139 e. The zero-order chi connectivity index (χ0) is 11.7. The molecule has 0 aromatic heterocycles. The van der Waals surface area contributed by atoms with Crippen LogP contribution in [-0.4, -0.2) is 5.11 Å². The molecule has 0 amide bonds. The summed E-state index contributed by atoms with van der Waals surface area (Å²) in [6, 6.07) is 9.77. The number of hydrogen-bond donors (Lipinski definition) is 2. The molecular formula is C13H12FNO. The number of anilines is 1. The van der Waals surface area contributed by atoms with Crippen molar-refractivity contribution in [2.24, 2.45) is 0 Å². The Hall–Kier alpha value is -2.03. The summed E-state index contributed by atoms with van der Waals surface area (Å²) in [5, 5.41) is 9.50. The van der Waals surface area contributed by atoms with Crippen LogP contribution in [-0.2, 0) is 0 Å². The Morgan fingerprint density at radius 3 is 2.62 bits per heavy atom. The van der Waals surface area contributed by atoms with Gasteiger partial charge in [0.2, 0.25) is 0 Å². The fourth-order valence-electron chi connectivity index (χ4n) is 1.63. The minimum absolute atomic E-state index is 0.0150. The molecule has 2 nitrogen and oxygen atoms in total. The fraction of sp³-hybridized carbons (Fsp3) is 0.0769. The normalized spacial score (nSPS) is 10.4. The average Bonchev–Trinajstić information content (AvgIpc) is 2.26. The predicted molar refractivity (Wildman–Crippen MR) is 62.7 cm³/mol. The Bertz CT molecular complexity index is 537. The van der Waals surface area contributed by atoms with Gasteiger partial charge >= 0.3 is 0 Å². The number of benzene rings is 2. The minimum atomic E-state index is -0.256. The molecule has 3 heteroatoms. The highest BCUT2D eigenvalue weighted by Crippen LogP contribution is 2.30. The third kappa shape index (κ3) is 1.72. The maximum absolute atomic E-state index is 13.4. The molecule has 0 fully saturated rings. The molecule has 0 radical (unpaired) electrons. The van der Waals surface area contributed by atoms with Crippen LogP contribution in [0.1, 0.15) is 5.56 Å². The molecule has 0 saturated heterocycles. The van der Waals surface area contributed by atoms with Crippen LogP contribution in [0.2, 0.25) is 0 Å². The van der Waals surface area contributed by atoms with Gasteiger partial charge in [-0.15, -0.1) is 0 Å². The molecule has 2 rings (SSSR count). The Kier molecular flexibility index (Phi) is 2.52. The molecule has 2 aromatic rings. The second kappa shape index (κ2) is 3.85. The quantitative estimate of drug-likeness (QED) is 0.569. The van der Waals surface area contributed by atoms with E-state index in [1.165, 1.54) is 12.1 Å². The molecule has 2 aromatic carbocycles. The van der Waals surface area contributed by atoms with Crippen LogP contribution >= 0.6 is 0 Å². The lowest BCUT2D eigenvalue weighted by Gasteiger charge is -2.08. The highest BCUT2D eigenvalue weighted by atomic mass is 19.1. The van der Waals surface area contributed by atoms with E-state index in [9.17, 15) is 9.50 Å². The van der Waals surface area contributed by atoms with Gasteiger partial charge in [-0.25, -0.2) is 4.39 Å². The summed E-state index contributed by atoms with van der Waals surface area (Å²) in [4.78, 5) is 0. The first-order chi connectivity index (χ1) is 7.59. The van der Waals surface area contributed by atoms with E-state index in [0.29, 0.717) is 11.3 Å². The lowest BCUT2D eigenvalue weighted by atomic mass is 10.00. The van der Waals surface area contributed by atoms with Crippen molar-refractivity contribution in [3.63, 3.8) is 0 Å². The second-order valence-electron chi connectivity index (χ2n) is 3.69. The first-order valence-corrected chi connectivity index (χ1v) is 4.93. The number of halogens is 1. The summed E-state index contributed by atoms with van der Waals surface area (Å²) < 4.78 is 13.4. The highest BCUT2D eigenvalue weighted by Gasteiger charge is 2.07. The average molecular weight is 217 g/mol. The minimum Gasteiger partial charge on any atom is -0.506 e. The molecule has 0 unspecified atom stereocenters. The van der Waals surface area contributed by atoms with Gasteiger partial charge in [0.05, 0.1) is 5.69 Å². The van der Waals surface area contributed by atoms with Gasteiger partial charge in [0, 0.05) is 0 Å². The SMILES string of the molecule is Cc1c(F)cccc1-c1ccc(N)c(O)c1. The van der Waals surface area contributed by atoms with E-state index in [4.69, 9.17) is 5.73 Å². The third-order valence-electron chi connectivity index (χ3n) is 2.61. The van der Waals surface area contributed by atoms with Crippen molar-refractivity contribution in [3.05, 3.63) is 47.8 Å². The maximum atomic E-state index is 13.4. The van der Waals surface area contributed by atoms with Crippen molar-refractivity contribution in [3.8, 4) is 16.9 Å². The largest absolute Gasteiger partial charge is 0.506 e. The van der Waals surface area contributed by atoms with Gasteiger partial charge in [-0.3, -0.25) is 0 Å². The van der Waals surface area contributed by atoms with Crippen LogP contribution in [0.15, 0.2) is 36.4 Å². The lowest BCUT2D eigenvalue weighted by molar-refractivity contribution is 0.478. The van der Waals surface area contributed by atoms with E-state index in [2.05, 4.69) is 0 Å². The van der Waals surface area contributed by atoms with Crippen LogP contribution in [0, 0.1) is 12.7 Å². The third-order valence-corrected chi connectivity index (χ3v) is 2.61. The molecule has 0 aliphatic carbocycles. The zero-order valence-corrected chi connectivity index (χ0v) is 8.87. The van der Waals surface area contributed by atoms with Gasteiger partial charge in [0.25, 0.3) is 0 Å². The Morgan fingerprint density at radius 2 is 1.94 bits per heavy atom. The number of aromatic hydroxyl groups is 1. The van der Waals surface area contributed by atoms with Crippen LogP contribution in [0.5, 0.6) is 5.75 Å². The zero-order valence-electron chi connectivity index (χ0n) is 8.87. The Balaban J connectivity index is 2.59. The van der Waals surface area contributed by atoms with Crippen LogP contribution in [0.4, 0.5) is 10.1 Å². The molecule has 3 N–H and O–H groups in total. The van der Waals surface area contributed by atoms with Crippen molar-refractivity contribution < 1.29 is 9.50 Å². The van der Waals surface area contributed by atoms with E-state index < -0.39 is 0 Å². The summed E-state index contributed by atoms with van der Waals surface area (Å²) in [6.07, 6.45) is 0. The Labute approximate surface area is 93.2 Å². The molecule has 0 bridgehead atoms. The molecule has 0 spiro atoms. The Morgan fingerprint density at radius 1 is 1.19 bits per heavy atom. The number of phenolic OH excluding ortho intramolecular Hbond substituents is 1. The fourth-order valence-corrected chi connectivity index (χ4v) is 1.63. The summed E-state index contributed by atoms with van der Waals surface area (Å²) in [5.74, 6) is -0.241. The van der Waals surface area contributed by atoms with E-state index in [1.54, 1.807) is 25.1 Å². The number of rotatable bonds is 1. The topological polar surface area (TPSA) is 46.2 Å². The molecule has 0 aliphatic heterocycles. The molecule has 0 atom stereocenters. The van der Waals surface area contributed by atoms with Gasteiger partial charge in [-0.05, 0) is 41.8 Å². The summed E-state index contributed by atoms with van der Waals surface area (Å²) >= 11 is 0. The first kappa shape index (κ1) is 10.5. The predicted octanol–water partition coefficient (Wildman–Crippen LogP) is 3.09. The molecular weight excluding hydrogens is 205 g/mol. The summed E-state index contributed by atoms with van der Waals surface area (Å²) in [6.45, 7) is 1.71. The van der Waals surface area contributed by atoms with Crippen molar-refractivity contribution in [2.75, 3.05) is 5.73 Å². The number of nitrogen functional groups attached to an aromatic ring is 1. The van der Waals surface area contributed by atoms with Crippen molar-refractivity contribution in [1.82, 2.24) is 0 Å². The highest BCUT2D eigenvalue weighted by molar-refractivity contribution is 5.72. The van der Waals surface area contributed by atoms with Crippen LogP contribution in [0.3, 0.4) is 0 Å².